The highest BCUT2D eigenvalue weighted by molar-refractivity contribution is 9.10. The van der Waals surface area contributed by atoms with Gasteiger partial charge in [-0.05, 0) is 61.7 Å². The van der Waals surface area contributed by atoms with Crippen molar-refractivity contribution in [1.29, 1.82) is 0 Å². The molecule has 0 saturated carbocycles. The molecule has 6 heteroatoms. The summed E-state index contributed by atoms with van der Waals surface area (Å²) in [6.45, 7) is 3.57. The molecule has 1 aliphatic rings. The van der Waals surface area contributed by atoms with E-state index >= 15 is 0 Å². The van der Waals surface area contributed by atoms with Gasteiger partial charge in [0.15, 0.2) is 0 Å². The van der Waals surface area contributed by atoms with Crippen LogP contribution in [0.25, 0.3) is 0 Å². The van der Waals surface area contributed by atoms with Crippen molar-refractivity contribution in [3.05, 3.63) is 64.1 Å². The minimum atomic E-state index is -0.614. The lowest BCUT2D eigenvalue weighted by molar-refractivity contribution is -0.125. The van der Waals surface area contributed by atoms with Gasteiger partial charge >= 0.3 is 0 Å². The highest BCUT2D eigenvalue weighted by Crippen LogP contribution is 2.36. The lowest BCUT2D eigenvalue weighted by Crippen LogP contribution is -2.44. The van der Waals surface area contributed by atoms with E-state index in [-0.39, 0.29) is 11.8 Å². The van der Waals surface area contributed by atoms with Crippen LogP contribution in [0, 0.1) is 0 Å². The topological polar surface area (TPSA) is 67.4 Å². The number of carbonyl (C=O) groups excluding carboxylic acids is 2. The lowest BCUT2D eigenvalue weighted by Gasteiger charge is -2.36. The molecule has 2 aromatic rings. The third kappa shape index (κ3) is 4.39. The molecule has 1 saturated heterocycles. The van der Waals surface area contributed by atoms with Crippen molar-refractivity contribution >= 4 is 33.4 Å². The van der Waals surface area contributed by atoms with E-state index in [1.165, 1.54) is 0 Å². The van der Waals surface area contributed by atoms with E-state index in [9.17, 15) is 9.59 Å². The Hall–Kier alpha value is -2.18. The molecule has 1 heterocycles. The Bertz CT molecular complexity index is 797. The maximum Gasteiger partial charge on any atom is 0.251 e. The molecular formula is C21H23BrN2O3. The number of ether oxygens (including phenoxy) is 1. The van der Waals surface area contributed by atoms with Crippen LogP contribution in [0.1, 0.15) is 35.7 Å². The molecule has 0 atom stereocenters. The van der Waals surface area contributed by atoms with E-state index in [2.05, 4.69) is 26.6 Å². The van der Waals surface area contributed by atoms with Gasteiger partial charge in [0.2, 0.25) is 5.91 Å². The predicted molar refractivity (Wildman–Crippen MR) is 109 cm³/mol. The second kappa shape index (κ2) is 8.67. The predicted octanol–water partition coefficient (Wildman–Crippen LogP) is 3.89. The molecule has 0 bridgehead atoms. The first kappa shape index (κ1) is 19.6. The Morgan fingerprint density at radius 3 is 2.26 bits per heavy atom. The van der Waals surface area contributed by atoms with Gasteiger partial charge in [-0.15, -0.1) is 0 Å². The maximum absolute atomic E-state index is 13.2. The van der Waals surface area contributed by atoms with E-state index in [0.29, 0.717) is 43.9 Å². The number of hydrogen-bond acceptors (Lipinski definition) is 3. The summed E-state index contributed by atoms with van der Waals surface area (Å²) in [4.78, 5) is 25.1. The summed E-state index contributed by atoms with van der Waals surface area (Å²) >= 11 is 3.45. The Morgan fingerprint density at radius 1 is 1.04 bits per heavy atom. The van der Waals surface area contributed by atoms with Gasteiger partial charge in [-0.3, -0.25) is 9.59 Å². The van der Waals surface area contributed by atoms with Gasteiger partial charge in [-0.25, -0.2) is 0 Å². The first-order chi connectivity index (χ1) is 13.0. The first-order valence-electron chi connectivity index (χ1n) is 9.09. The summed E-state index contributed by atoms with van der Waals surface area (Å²) in [5, 5.41) is 5.79. The van der Waals surface area contributed by atoms with Crippen molar-refractivity contribution in [2.75, 3.05) is 25.1 Å². The van der Waals surface area contributed by atoms with Gasteiger partial charge in [0.25, 0.3) is 5.91 Å². The summed E-state index contributed by atoms with van der Waals surface area (Å²) in [6, 6.07) is 14.9. The Morgan fingerprint density at radius 2 is 1.67 bits per heavy atom. The van der Waals surface area contributed by atoms with Crippen molar-refractivity contribution in [3.63, 3.8) is 0 Å². The highest BCUT2D eigenvalue weighted by Gasteiger charge is 2.41. The van der Waals surface area contributed by atoms with Crippen LogP contribution < -0.4 is 10.6 Å². The van der Waals surface area contributed by atoms with Crippen LogP contribution in [-0.4, -0.2) is 31.6 Å². The molecule has 142 valence electrons. The molecule has 0 aliphatic carbocycles. The summed E-state index contributed by atoms with van der Waals surface area (Å²) < 4.78 is 6.48. The third-order valence-electron chi connectivity index (χ3n) is 4.92. The van der Waals surface area contributed by atoms with E-state index in [1.54, 1.807) is 24.3 Å². The smallest absolute Gasteiger partial charge is 0.251 e. The average molecular weight is 431 g/mol. The van der Waals surface area contributed by atoms with E-state index in [0.717, 1.165) is 10.0 Å². The molecular weight excluding hydrogens is 408 g/mol. The first-order valence-corrected chi connectivity index (χ1v) is 9.88. The molecule has 2 aromatic carbocycles. The van der Waals surface area contributed by atoms with Gasteiger partial charge in [0, 0.05) is 35.5 Å². The van der Waals surface area contributed by atoms with Crippen molar-refractivity contribution in [3.8, 4) is 0 Å². The molecule has 0 unspecified atom stereocenters. The SMILES string of the molecule is CCNC(=O)c1ccc(NC(=O)C2(c3ccc(Br)cc3)CCOCC2)cc1. The Labute approximate surface area is 167 Å². The number of halogens is 1. The Kier molecular flexibility index (Phi) is 6.29. The number of carbonyl (C=O) groups is 2. The highest BCUT2D eigenvalue weighted by atomic mass is 79.9. The van der Waals surface area contributed by atoms with Crippen LogP contribution in [0.2, 0.25) is 0 Å². The minimum Gasteiger partial charge on any atom is -0.381 e. The van der Waals surface area contributed by atoms with E-state index in [1.807, 2.05) is 31.2 Å². The normalized spacial score (nSPS) is 15.8. The number of nitrogens with one attached hydrogen (secondary N) is 2. The molecule has 1 fully saturated rings. The molecule has 3 rings (SSSR count). The molecule has 27 heavy (non-hydrogen) atoms. The standard InChI is InChI=1S/C21H23BrN2O3/c1-2-23-19(25)15-3-9-18(10-4-15)24-20(26)21(11-13-27-14-12-21)16-5-7-17(22)8-6-16/h3-10H,2,11-14H2,1H3,(H,23,25)(H,24,26). The van der Waals surface area contributed by atoms with Gasteiger partial charge < -0.3 is 15.4 Å². The van der Waals surface area contributed by atoms with Crippen LogP contribution in [-0.2, 0) is 14.9 Å². The zero-order chi connectivity index (χ0) is 19.3. The second-order valence-corrected chi connectivity index (χ2v) is 7.51. The van der Waals surface area contributed by atoms with Crippen LogP contribution in [0.15, 0.2) is 53.0 Å². The van der Waals surface area contributed by atoms with E-state index < -0.39 is 5.41 Å². The Balaban J connectivity index is 1.81. The van der Waals surface area contributed by atoms with E-state index in [4.69, 9.17) is 4.74 Å². The van der Waals surface area contributed by atoms with Crippen LogP contribution in [0.5, 0.6) is 0 Å². The summed E-state index contributed by atoms with van der Waals surface area (Å²) in [6.07, 6.45) is 1.27. The summed E-state index contributed by atoms with van der Waals surface area (Å²) in [7, 11) is 0. The number of rotatable bonds is 5. The molecule has 0 radical (unpaired) electrons. The minimum absolute atomic E-state index is 0.0427. The van der Waals surface area contributed by atoms with Gasteiger partial charge in [-0.1, -0.05) is 28.1 Å². The molecule has 5 nitrogen and oxygen atoms in total. The molecule has 0 spiro atoms. The number of hydrogen-bond donors (Lipinski definition) is 2. The average Bonchev–Trinajstić information content (AvgIpc) is 2.69. The molecule has 0 aromatic heterocycles. The number of benzene rings is 2. The van der Waals surface area contributed by atoms with Crippen LogP contribution in [0.3, 0.4) is 0 Å². The maximum atomic E-state index is 13.2. The van der Waals surface area contributed by atoms with Gasteiger partial charge in [-0.2, -0.15) is 0 Å². The van der Waals surface area contributed by atoms with Crippen molar-refractivity contribution in [1.82, 2.24) is 5.32 Å². The zero-order valence-electron chi connectivity index (χ0n) is 15.3. The quantitative estimate of drug-likeness (QED) is 0.755. The summed E-state index contributed by atoms with van der Waals surface area (Å²) in [5.74, 6) is -0.162. The lowest BCUT2D eigenvalue weighted by atomic mass is 9.73. The van der Waals surface area contributed by atoms with Crippen molar-refractivity contribution in [2.24, 2.45) is 0 Å². The molecule has 1 aliphatic heterocycles. The molecule has 2 N–H and O–H groups in total. The largest absolute Gasteiger partial charge is 0.381 e. The van der Waals surface area contributed by atoms with Gasteiger partial charge in [0.05, 0.1) is 5.41 Å². The third-order valence-corrected chi connectivity index (χ3v) is 5.45. The van der Waals surface area contributed by atoms with Gasteiger partial charge in [0.1, 0.15) is 0 Å². The van der Waals surface area contributed by atoms with Crippen molar-refractivity contribution in [2.45, 2.75) is 25.2 Å². The number of anilines is 1. The second-order valence-electron chi connectivity index (χ2n) is 6.59. The monoisotopic (exact) mass is 430 g/mol. The van der Waals surface area contributed by atoms with Crippen LogP contribution >= 0.6 is 15.9 Å². The fourth-order valence-electron chi connectivity index (χ4n) is 3.35. The fraction of sp³-hybridized carbons (Fsp3) is 0.333. The van der Waals surface area contributed by atoms with Crippen molar-refractivity contribution < 1.29 is 14.3 Å². The summed E-state index contributed by atoms with van der Waals surface area (Å²) in [5.41, 5.74) is 1.63. The fourth-order valence-corrected chi connectivity index (χ4v) is 3.62. The number of amides is 2. The molecule has 2 amide bonds. The van der Waals surface area contributed by atoms with Crippen LogP contribution in [0.4, 0.5) is 5.69 Å². The zero-order valence-corrected chi connectivity index (χ0v) is 16.8.